The SMILES string of the molecule is Cc1cc([C@H]2[C@@H](c3ccccn3)NC(=S)N2c2ccc(N3CCOCC3)cc2)c(C)n1-c1cccc(F)c1. The molecule has 2 aliphatic heterocycles. The second kappa shape index (κ2) is 10.2. The summed E-state index contributed by atoms with van der Waals surface area (Å²) in [7, 11) is 0. The Morgan fingerprint density at radius 1 is 0.921 bits per heavy atom. The van der Waals surface area contributed by atoms with E-state index in [-0.39, 0.29) is 17.9 Å². The summed E-state index contributed by atoms with van der Waals surface area (Å²) in [5, 5.41) is 4.20. The second-order valence-corrected chi connectivity index (χ2v) is 10.1. The number of ether oxygens (including phenoxy) is 1. The minimum Gasteiger partial charge on any atom is -0.378 e. The summed E-state index contributed by atoms with van der Waals surface area (Å²) >= 11 is 5.93. The second-order valence-electron chi connectivity index (χ2n) is 9.75. The van der Waals surface area contributed by atoms with E-state index < -0.39 is 0 Å². The third-order valence-corrected chi connectivity index (χ3v) is 7.77. The Balaban J connectivity index is 1.43. The fraction of sp³-hybridized carbons (Fsp3) is 0.267. The molecule has 2 aromatic carbocycles. The van der Waals surface area contributed by atoms with Crippen LogP contribution in [0.2, 0.25) is 0 Å². The molecule has 2 aliphatic rings. The summed E-state index contributed by atoms with van der Waals surface area (Å²) in [4.78, 5) is 9.21. The first-order valence-corrected chi connectivity index (χ1v) is 13.3. The normalized spacial score (nSPS) is 19.6. The summed E-state index contributed by atoms with van der Waals surface area (Å²) in [5.41, 5.74) is 7.10. The van der Waals surface area contributed by atoms with Crippen molar-refractivity contribution >= 4 is 28.7 Å². The first kappa shape index (κ1) is 24.6. The van der Waals surface area contributed by atoms with Crippen molar-refractivity contribution in [2.75, 3.05) is 36.1 Å². The molecule has 0 spiro atoms. The Kier molecular flexibility index (Phi) is 6.59. The highest BCUT2D eigenvalue weighted by atomic mass is 32.1. The number of aryl methyl sites for hydroxylation is 1. The topological polar surface area (TPSA) is 45.6 Å². The van der Waals surface area contributed by atoms with Crippen LogP contribution in [0.1, 0.15) is 34.7 Å². The van der Waals surface area contributed by atoms with Crippen LogP contribution in [0.15, 0.2) is 79.0 Å². The van der Waals surface area contributed by atoms with Gasteiger partial charge in [0.25, 0.3) is 0 Å². The summed E-state index contributed by atoms with van der Waals surface area (Å²) in [6.07, 6.45) is 1.81. The number of benzene rings is 2. The van der Waals surface area contributed by atoms with Gasteiger partial charge in [-0.15, -0.1) is 0 Å². The van der Waals surface area contributed by atoms with Crippen LogP contribution in [0, 0.1) is 19.7 Å². The molecule has 4 aromatic rings. The van der Waals surface area contributed by atoms with Crippen LogP contribution in [-0.4, -0.2) is 41.0 Å². The number of aromatic nitrogens is 2. The molecule has 6 rings (SSSR count). The Bertz CT molecular complexity index is 1450. The average molecular weight is 528 g/mol. The van der Waals surface area contributed by atoms with E-state index in [2.05, 4.69) is 68.8 Å². The third kappa shape index (κ3) is 4.44. The molecule has 194 valence electrons. The van der Waals surface area contributed by atoms with Gasteiger partial charge in [-0.1, -0.05) is 12.1 Å². The molecule has 2 saturated heterocycles. The minimum atomic E-state index is -0.256. The zero-order valence-corrected chi connectivity index (χ0v) is 22.3. The number of morpholine rings is 1. The van der Waals surface area contributed by atoms with Gasteiger partial charge in [-0.2, -0.15) is 0 Å². The maximum Gasteiger partial charge on any atom is 0.174 e. The molecule has 8 heteroatoms. The zero-order valence-electron chi connectivity index (χ0n) is 21.5. The summed E-state index contributed by atoms with van der Waals surface area (Å²) in [6, 6.07) is 23.2. The molecular formula is C30H30FN5OS. The van der Waals surface area contributed by atoms with E-state index in [0.29, 0.717) is 5.11 Å². The highest BCUT2D eigenvalue weighted by Gasteiger charge is 2.42. The first-order chi connectivity index (χ1) is 18.5. The quantitative estimate of drug-likeness (QED) is 0.339. The maximum absolute atomic E-state index is 14.1. The van der Waals surface area contributed by atoms with Crippen LogP contribution in [0.3, 0.4) is 0 Å². The fourth-order valence-electron chi connectivity index (χ4n) is 5.69. The predicted molar refractivity (Wildman–Crippen MR) is 153 cm³/mol. The molecule has 2 atom stereocenters. The lowest BCUT2D eigenvalue weighted by atomic mass is 9.96. The van der Waals surface area contributed by atoms with Crippen LogP contribution in [0.4, 0.5) is 15.8 Å². The van der Waals surface area contributed by atoms with Crippen molar-refractivity contribution in [1.82, 2.24) is 14.9 Å². The molecule has 6 nitrogen and oxygen atoms in total. The standard InChI is InChI=1S/C30H30FN5OS/c1-20-18-26(21(2)35(20)25-7-5-6-22(31)19-25)29-28(27-8-3-4-13-32-27)33-30(38)36(29)24-11-9-23(10-12-24)34-14-16-37-17-15-34/h3-13,18-19,28-29H,14-17H2,1-2H3,(H,33,38)/t28-,29+/m1/s1. The Morgan fingerprint density at radius 3 is 2.39 bits per heavy atom. The van der Waals surface area contributed by atoms with Crippen molar-refractivity contribution < 1.29 is 9.13 Å². The molecule has 4 heterocycles. The third-order valence-electron chi connectivity index (χ3n) is 7.46. The molecule has 1 N–H and O–H groups in total. The van der Waals surface area contributed by atoms with E-state index in [1.807, 2.05) is 30.5 Å². The molecule has 0 unspecified atom stereocenters. The van der Waals surface area contributed by atoms with Crippen LogP contribution in [-0.2, 0) is 4.74 Å². The van der Waals surface area contributed by atoms with Crippen LogP contribution in [0.25, 0.3) is 5.69 Å². The van der Waals surface area contributed by atoms with Gasteiger partial charge in [0.05, 0.1) is 31.0 Å². The lowest BCUT2D eigenvalue weighted by Gasteiger charge is -2.31. The molecule has 38 heavy (non-hydrogen) atoms. The number of nitrogens with one attached hydrogen (secondary N) is 1. The number of pyridine rings is 1. The highest BCUT2D eigenvalue weighted by Crippen LogP contribution is 2.44. The Hall–Kier alpha value is -3.75. The largest absolute Gasteiger partial charge is 0.378 e. The summed E-state index contributed by atoms with van der Waals surface area (Å²) in [6.45, 7) is 7.41. The van der Waals surface area contributed by atoms with Gasteiger partial charge in [-0.25, -0.2) is 4.39 Å². The molecule has 2 fully saturated rings. The van der Waals surface area contributed by atoms with Crippen molar-refractivity contribution in [3.63, 3.8) is 0 Å². The zero-order chi connectivity index (χ0) is 26.2. The molecule has 0 aliphatic carbocycles. The van der Waals surface area contributed by atoms with Crippen molar-refractivity contribution in [3.05, 3.63) is 107 Å². The lowest BCUT2D eigenvalue weighted by Crippen LogP contribution is -2.36. The van der Waals surface area contributed by atoms with Crippen LogP contribution >= 0.6 is 12.2 Å². The molecule has 0 bridgehead atoms. The monoisotopic (exact) mass is 527 g/mol. The molecule has 0 radical (unpaired) electrons. The maximum atomic E-state index is 14.1. The van der Waals surface area contributed by atoms with Gasteiger partial charge in [0, 0.05) is 47.7 Å². The van der Waals surface area contributed by atoms with E-state index in [9.17, 15) is 4.39 Å². The van der Waals surface area contributed by atoms with E-state index in [4.69, 9.17) is 17.0 Å². The number of anilines is 2. The average Bonchev–Trinajstić information content (AvgIpc) is 3.44. The predicted octanol–water partition coefficient (Wildman–Crippen LogP) is 5.64. The van der Waals surface area contributed by atoms with Crippen molar-refractivity contribution in [3.8, 4) is 5.69 Å². The molecule has 2 aromatic heterocycles. The molecule has 0 amide bonds. The lowest BCUT2D eigenvalue weighted by molar-refractivity contribution is 0.122. The number of halogens is 1. The van der Waals surface area contributed by atoms with E-state index >= 15 is 0 Å². The van der Waals surface area contributed by atoms with Crippen molar-refractivity contribution in [2.45, 2.75) is 25.9 Å². The van der Waals surface area contributed by atoms with Gasteiger partial charge in [-0.05, 0) is 92.3 Å². The van der Waals surface area contributed by atoms with Crippen LogP contribution < -0.4 is 15.1 Å². The number of thiocarbonyl (C=S) groups is 1. The van der Waals surface area contributed by atoms with Gasteiger partial charge in [0.15, 0.2) is 5.11 Å². The van der Waals surface area contributed by atoms with Gasteiger partial charge in [0.1, 0.15) is 5.82 Å². The van der Waals surface area contributed by atoms with E-state index in [0.717, 1.165) is 60.3 Å². The smallest absolute Gasteiger partial charge is 0.174 e. The number of hydrogen-bond donors (Lipinski definition) is 1. The fourth-order valence-corrected chi connectivity index (χ4v) is 6.04. The Morgan fingerprint density at radius 2 is 1.68 bits per heavy atom. The van der Waals surface area contributed by atoms with Crippen molar-refractivity contribution in [1.29, 1.82) is 0 Å². The first-order valence-electron chi connectivity index (χ1n) is 12.9. The number of nitrogens with zero attached hydrogens (tertiary/aromatic N) is 4. The summed E-state index contributed by atoms with van der Waals surface area (Å²) in [5.74, 6) is -0.256. The molecule has 0 saturated carbocycles. The van der Waals surface area contributed by atoms with Gasteiger partial charge < -0.3 is 24.4 Å². The minimum absolute atomic E-state index is 0.139. The summed E-state index contributed by atoms with van der Waals surface area (Å²) < 4.78 is 21.8. The number of hydrogen-bond acceptors (Lipinski definition) is 4. The van der Waals surface area contributed by atoms with Gasteiger partial charge in [-0.3, -0.25) is 4.98 Å². The van der Waals surface area contributed by atoms with Gasteiger partial charge >= 0.3 is 0 Å². The number of rotatable bonds is 5. The highest BCUT2D eigenvalue weighted by molar-refractivity contribution is 7.80. The van der Waals surface area contributed by atoms with Crippen LogP contribution in [0.5, 0.6) is 0 Å². The van der Waals surface area contributed by atoms with E-state index in [1.54, 1.807) is 12.1 Å². The van der Waals surface area contributed by atoms with Crippen molar-refractivity contribution in [2.24, 2.45) is 0 Å². The molecular weight excluding hydrogens is 497 g/mol. The van der Waals surface area contributed by atoms with E-state index in [1.165, 1.54) is 11.8 Å². The Labute approximate surface area is 227 Å². The van der Waals surface area contributed by atoms with Gasteiger partial charge in [0.2, 0.25) is 0 Å².